The Morgan fingerprint density at radius 1 is 1.33 bits per heavy atom. The summed E-state index contributed by atoms with van der Waals surface area (Å²) in [6.45, 7) is 4.63. The summed E-state index contributed by atoms with van der Waals surface area (Å²) in [5.74, 6) is 1.81. The predicted molar refractivity (Wildman–Crippen MR) is 55.7 cm³/mol. The summed E-state index contributed by atoms with van der Waals surface area (Å²) >= 11 is 6.02. The first-order valence-electron chi connectivity index (χ1n) is 5.29. The molecule has 1 saturated carbocycles. The SMILES string of the molecule is CCCCCC(C)(CCl)C1CC1. The van der Waals surface area contributed by atoms with E-state index in [0.717, 1.165) is 11.8 Å². The molecule has 1 fully saturated rings. The molecule has 0 saturated heterocycles. The van der Waals surface area contributed by atoms with Crippen LogP contribution in [-0.4, -0.2) is 5.88 Å². The minimum atomic E-state index is 0.469. The fraction of sp³-hybridized carbons (Fsp3) is 1.00. The Hall–Kier alpha value is 0.290. The van der Waals surface area contributed by atoms with Gasteiger partial charge in [-0.25, -0.2) is 0 Å². The first kappa shape index (κ1) is 10.4. The highest BCUT2D eigenvalue weighted by Gasteiger charge is 2.39. The maximum absolute atomic E-state index is 6.02. The Morgan fingerprint density at radius 2 is 2.00 bits per heavy atom. The molecule has 0 aliphatic heterocycles. The average molecular weight is 189 g/mol. The van der Waals surface area contributed by atoms with Crippen LogP contribution in [0.3, 0.4) is 0 Å². The van der Waals surface area contributed by atoms with E-state index in [4.69, 9.17) is 11.6 Å². The molecule has 1 unspecified atom stereocenters. The van der Waals surface area contributed by atoms with Gasteiger partial charge in [-0.05, 0) is 30.6 Å². The van der Waals surface area contributed by atoms with Gasteiger partial charge in [-0.2, -0.15) is 0 Å². The number of alkyl halides is 1. The number of halogens is 1. The fourth-order valence-corrected chi connectivity index (χ4v) is 2.29. The van der Waals surface area contributed by atoms with Crippen molar-refractivity contribution in [3.8, 4) is 0 Å². The normalized spacial score (nSPS) is 22.2. The van der Waals surface area contributed by atoms with Gasteiger partial charge in [0.25, 0.3) is 0 Å². The molecule has 1 atom stereocenters. The zero-order valence-corrected chi connectivity index (χ0v) is 9.16. The van der Waals surface area contributed by atoms with Crippen molar-refractivity contribution in [1.29, 1.82) is 0 Å². The van der Waals surface area contributed by atoms with Crippen LogP contribution in [0.15, 0.2) is 0 Å². The van der Waals surface area contributed by atoms with Crippen LogP contribution in [0.25, 0.3) is 0 Å². The molecule has 0 heterocycles. The van der Waals surface area contributed by atoms with Gasteiger partial charge in [-0.15, -0.1) is 11.6 Å². The third kappa shape index (κ3) is 2.65. The molecular formula is C11H21Cl. The van der Waals surface area contributed by atoms with Crippen molar-refractivity contribution in [2.45, 2.75) is 52.4 Å². The molecule has 0 nitrogen and oxygen atoms in total. The lowest BCUT2D eigenvalue weighted by atomic mass is 9.82. The highest BCUT2D eigenvalue weighted by atomic mass is 35.5. The van der Waals surface area contributed by atoms with E-state index >= 15 is 0 Å². The molecule has 72 valence electrons. The van der Waals surface area contributed by atoms with Gasteiger partial charge in [-0.3, -0.25) is 0 Å². The van der Waals surface area contributed by atoms with Crippen molar-refractivity contribution in [3.63, 3.8) is 0 Å². The van der Waals surface area contributed by atoms with Gasteiger partial charge in [0.1, 0.15) is 0 Å². The molecule has 0 amide bonds. The lowest BCUT2D eigenvalue weighted by Gasteiger charge is -2.26. The molecule has 1 heteroatoms. The lowest BCUT2D eigenvalue weighted by molar-refractivity contribution is 0.278. The van der Waals surface area contributed by atoms with Crippen LogP contribution in [0.1, 0.15) is 52.4 Å². The van der Waals surface area contributed by atoms with Crippen molar-refractivity contribution in [3.05, 3.63) is 0 Å². The minimum Gasteiger partial charge on any atom is -0.126 e. The van der Waals surface area contributed by atoms with Crippen molar-refractivity contribution in [1.82, 2.24) is 0 Å². The molecule has 0 N–H and O–H groups in total. The average Bonchev–Trinajstić information content (AvgIpc) is 2.87. The highest BCUT2D eigenvalue weighted by molar-refractivity contribution is 6.18. The third-order valence-corrected chi connectivity index (χ3v) is 3.83. The van der Waals surface area contributed by atoms with Crippen LogP contribution in [0.2, 0.25) is 0 Å². The molecule has 0 aromatic rings. The number of rotatable bonds is 6. The molecule has 0 aromatic carbocycles. The van der Waals surface area contributed by atoms with Crippen LogP contribution in [0.5, 0.6) is 0 Å². The summed E-state index contributed by atoms with van der Waals surface area (Å²) in [7, 11) is 0. The van der Waals surface area contributed by atoms with E-state index in [2.05, 4.69) is 13.8 Å². The molecule has 12 heavy (non-hydrogen) atoms. The van der Waals surface area contributed by atoms with E-state index in [-0.39, 0.29) is 0 Å². The van der Waals surface area contributed by atoms with E-state index < -0.39 is 0 Å². The zero-order valence-electron chi connectivity index (χ0n) is 8.41. The van der Waals surface area contributed by atoms with Gasteiger partial charge < -0.3 is 0 Å². The Bertz CT molecular complexity index is 129. The van der Waals surface area contributed by atoms with Gasteiger partial charge in [0, 0.05) is 5.88 Å². The van der Waals surface area contributed by atoms with Gasteiger partial charge >= 0.3 is 0 Å². The molecular weight excluding hydrogens is 168 g/mol. The Balaban J connectivity index is 2.23. The standard InChI is InChI=1S/C11H21Cl/c1-3-4-5-8-11(2,9-12)10-6-7-10/h10H,3-9H2,1-2H3. The summed E-state index contributed by atoms with van der Waals surface area (Å²) < 4.78 is 0. The number of hydrogen-bond donors (Lipinski definition) is 0. The molecule has 0 aromatic heterocycles. The predicted octanol–water partition coefficient (Wildman–Crippen LogP) is 4.22. The van der Waals surface area contributed by atoms with Crippen molar-refractivity contribution in [2.75, 3.05) is 5.88 Å². The second kappa shape index (κ2) is 4.50. The smallest absolute Gasteiger partial charge is 0.0280 e. The fourth-order valence-electron chi connectivity index (χ4n) is 1.94. The summed E-state index contributed by atoms with van der Waals surface area (Å²) in [6, 6.07) is 0. The van der Waals surface area contributed by atoms with Crippen LogP contribution < -0.4 is 0 Å². The summed E-state index contributed by atoms with van der Waals surface area (Å²) in [5.41, 5.74) is 0.469. The number of unbranched alkanes of at least 4 members (excludes halogenated alkanes) is 2. The number of hydrogen-bond acceptors (Lipinski definition) is 0. The largest absolute Gasteiger partial charge is 0.126 e. The van der Waals surface area contributed by atoms with E-state index in [1.54, 1.807) is 0 Å². The molecule has 0 radical (unpaired) electrons. The third-order valence-electron chi connectivity index (χ3n) is 3.22. The van der Waals surface area contributed by atoms with Crippen LogP contribution in [0.4, 0.5) is 0 Å². The van der Waals surface area contributed by atoms with E-state index in [9.17, 15) is 0 Å². The van der Waals surface area contributed by atoms with Gasteiger partial charge in [0.2, 0.25) is 0 Å². The molecule has 0 bridgehead atoms. The maximum atomic E-state index is 6.02. The van der Waals surface area contributed by atoms with Gasteiger partial charge in [0.15, 0.2) is 0 Å². The monoisotopic (exact) mass is 188 g/mol. The maximum Gasteiger partial charge on any atom is 0.0280 e. The topological polar surface area (TPSA) is 0 Å². The summed E-state index contributed by atoms with van der Waals surface area (Å²) in [6.07, 6.45) is 8.26. The van der Waals surface area contributed by atoms with Crippen LogP contribution in [-0.2, 0) is 0 Å². The molecule has 1 aliphatic carbocycles. The highest BCUT2D eigenvalue weighted by Crippen LogP contribution is 2.48. The second-order valence-electron chi connectivity index (χ2n) is 4.52. The van der Waals surface area contributed by atoms with Crippen molar-refractivity contribution >= 4 is 11.6 Å². The van der Waals surface area contributed by atoms with Gasteiger partial charge in [-0.1, -0.05) is 33.1 Å². The van der Waals surface area contributed by atoms with Crippen LogP contribution in [0, 0.1) is 11.3 Å². The molecule has 1 aliphatic rings. The van der Waals surface area contributed by atoms with E-state index in [1.807, 2.05) is 0 Å². The Kier molecular flexibility index (Phi) is 3.89. The first-order chi connectivity index (χ1) is 5.73. The zero-order chi connectivity index (χ0) is 9.03. The van der Waals surface area contributed by atoms with E-state index in [1.165, 1.54) is 38.5 Å². The van der Waals surface area contributed by atoms with Crippen molar-refractivity contribution < 1.29 is 0 Å². The van der Waals surface area contributed by atoms with Crippen LogP contribution >= 0.6 is 11.6 Å². The second-order valence-corrected chi connectivity index (χ2v) is 4.79. The summed E-state index contributed by atoms with van der Waals surface area (Å²) in [4.78, 5) is 0. The van der Waals surface area contributed by atoms with Gasteiger partial charge in [0.05, 0.1) is 0 Å². The summed E-state index contributed by atoms with van der Waals surface area (Å²) in [5, 5.41) is 0. The molecule has 0 spiro atoms. The minimum absolute atomic E-state index is 0.469. The quantitative estimate of drug-likeness (QED) is 0.433. The van der Waals surface area contributed by atoms with E-state index in [0.29, 0.717) is 5.41 Å². The Labute approximate surface area is 81.7 Å². The lowest BCUT2D eigenvalue weighted by Crippen LogP contribution is -2.21. The molecule has 1 rings (SSSR count). The first-order valence-corrected chi connectivity index (χ1v) is 5.82. The van der Waals surface area contributed by atoms with Crippen molar-refractivity contribution in [2.24, 2.45) is 11.3 Å². The Morgan fingerprint density at radius 3 is 2.42 bits per heavy atom.